The van der Waals surface area contributed by atoms with Crippen LogP contribution in [0.4, 0.5) is 9.59 Å². The molecule has 262 valence electrons. The first kappa shape index (κ1) is 36.5. The molecule has 2 fully saturated rings. The van der Waals surface area contributed by atoms with E-state index in [4.69, 9.17) is 9.47 Å². The summed E-state index contributed by atoms with van der Waals surface area (Å²) in [6, 6.07) is 18.9. The molecule has 4 aromatic rings. The highest BCUT2D eigenvalue weighted by Gasteiger charge is 2.34. The molecule has 0 spiro atoms. The predicted molar refractivity (Wildman–Crippen MR) is 186 cm³/mol. The Labute approximate surface area is 297 Å². The van der Waals surface area contributed by atoms with Gasteiger partial charge in [-0.05, 0) is 17.5 Å². The summed E-state index contributed by atoms with van der Waals surface area (Å²) in [5.74, 6) is -1.03. The Morgan fingerprint density at radius 1 is 0.740 bits per heavy atom. The Morgan fingerprint density at radius 3 is 1.78 bits per heavy atom. The second kappa shape index (κ2) is 18.3. The molecule has 0 saturated carbocycles. The molecule has 0 bridgehead atoms. The van der Waals surface area contributed by atoms with Crippen molar-refractivity contribution in [3.63, 3.8) is 0 Å². The normalized spacial score (nSPS) is 18.8. The molecule has 2 aliphatic rings. The van der Waals surface area contributed by atoms with Crippen LogP contribution in [0, 0.1) is 11.8 Å². The third-order valence-corrected chi connectivity index (χ3v) is 9.99. The SMILES string of the molecule is O=C(CC1CN(C(=O)OCc2ccccc2)CCC1=O)c1nccs1.O=C(C[C@H]1CN(C(=O)OCc2ccccc2)CC[C@@H]1O)c1nccs1. The van der Waals surface area contributed by atoms with E-state index < -0.39 is 24.2 Å². The Hall–Kier alpha value is -4.79. The summed E-state index contributed by atoms with van der Waals surface area (Å²) in [4.78, 5) is 72.0. The number of nitrogens with zero attached hydrogens (tertiary/aromatic N) is 4. The van der Waals surface area contributed by atoms with Gasteiger partial charge in [-0.2, -0.15) is 0 Å². The van der Waals surface area contributed by atoms with E-state index in [1.807, 2.05) is 60.7 Å². The van der Waals surface area contributed by atoms with Gasteiger partial charge in [0.05, 0.1) is 6.10 Å². The molecule has 2 aliphatic heterocycles. The maximum atomic E-state index is 12.3. The zero-order valence-corrected chi connectivity index (χ0v) is 28.9. The van der Waals surface area contributed by atoms with Gasteiger partial charge in [-0.3, -0.25) is 14.4 Å². The minimum absolute atomic E-state index is 0.0111. The standard InChI is InChI=1S/C18H20N2O4S.C18H18N2O4S/c2*21-15-6-8-20(18(23)24-12-13-4-2-1-3-5-13)11-14(15)10-16(22)17-19-7-9-25-17/h1-5,7,9,14-15,21H,6,8,10-12H2;1-5,7,9,14H,6,8,10-12H2/t14-,15-;/m0./s1. The lowest BCUT2D eigenvalue weighted by molar-refractivity contribution is -0.125. The molecule has 6 rings (SSSR count). The molecular formula is C36H38N4O8S2. The number of benzene rings is 2. The highest BCUT2D eigenvalue weighted by molar-refractivity contribution is 7.11. The average molecular weight is 719 g/mol. The van der Waals surface area contributed by atoms with Crippen LogP contribution < -0.4 is 0 Å². The molecule has 4 heterocycles. The van der Waals surface area contributed by atoms with Crippen molar-refractivity contribution < 1.29 is 38.6 Å². The maximum Gasteiger partial charge on any atom is 0.410 e. The second-order valence-corrected chi connectivity index (χ2v) is 13.7. The van der Waals surface area contributed by atoms with Crippen LogP contribution >= 0.6 is 22.7 Å². The van der Waals surface area contributed by atoms with Crippen molar-refractivity contribution in [2.75, 3.05) is 26.2 Å². The third-order valence-electron chi connectivity index (χ3n) is 8.37. The fraction of sp³-hybridized carbons (Fsp3) is 0.361. The van der Waals surface area contributed by atoms with Crippen molar-refractivity contribution in [3.8, 4) is 0 Å². The van der Waals surface area contributed by atoms with Crippen LogP contribution in [0.3, 0.4) is 0 Å². The van der Waals surface area contributed by atoms with E-state index in [-0.39, 0.29) is 62.3 Å². The van der Waals surface area contributed by atoms with Gasteiger partial charge in [0.2, 0.25) is 0 Å². The molecule has 14 heteroatoms. The minimum Gasteiger partial charge on any atom is -0.445 e. The number of aliphatic hydroxyl groups excluding tert-OH is 1. The Bertz CT molecular complexity index is 1700. The lowest BCUT2D eigenvalue weighted by atomic mass is 9.90. The lowest BCUT2D eigenvalue weighted by Crippen LogP contribution is -2.46. The first-order valence-corrected chi connectivity index (χ1v) is 18.0. The van der Waals surface area contributed by atoms with Gasteiger partial charge in [0.1, 0.15) is 19.0 Å². The van der Waals surface area contributed by atoms with Crippen molar-refractivity contribution in [1.29, 1.82) is 0 Å². The number of hydrogen-bond acceptors (Lipinski definition) is 12. The van der Waals surface area contributed by atoms with E-state index in [0.29, 0.717) is 36.1 Å². The highest BCUT2D eigenvalue weighted by Crippen LogP contribution is 2.24. The van der Waals surface area contributed by atoms with E-state index >= 15 is 0 Å². The maximum absolute atomic E-state index is 12.3. The number of carbonyl (C=O) groups excluding carboxylic acids is 5. The van der Waals surface area contributed by atoms with Gasteiger partial charge >= 0.3 is 12.2 Å². The van der Waals surface area contributed by atoms with Gasteiger partial charge in [0, 0.05) is 80.4 Å². The number of Topliss-reactive ketones (excluding diaryl/α,β-unsaturated/α-hetero) is 3. The average Bonchev–Trinajstić information content (AvgIpc) is 3.89. The lowest BCUT2D eigenvalue weighted by Gasteiger charge is -2.35. The number of ether oxygens (including phenoxy) is 2. The summed E-state index contributed by atoms with van der Waals surface area (Å²) < 4.78 is 10.6. The van der Waals surface area contributed by atoms with Gasteiger partial charge in [0.25, 0.3) is 0 Å². The highest BCUT2D eigenvalue weighted by atomic mass is 32.1. The smallest absolute Gasteiger partial charge is 0.410 e. The number of hydrogen-bond donors (Lipinski definition) is 1. The number of aliphatic hydroxyl groups is 1. The van der Waals surface area contributed by atoms with Crippen molar-refractivity contribution in [1.82, 2.24) is 19.8 Å². The fourth-order valence-electron chi connectivity index (χ4n) is 5.62. The minimum atomic E-state index is -0.595. The van der Waals surface area contributed by atoms with Crippen LogP contribution in [-0.2, 0) is 27.5 Å². The molecule has 12 nitrogen and oxygen atoms in total. The summed E-state index contributed by atoms with van der Waals surface area (Å²) in [5, 5.41) is 14.5. The number of thiazole rings is 2. The Morgan fingerprint density at radius 2 is 1.26 bits per heavy atom. The largest absolute Gasteiger partial charge is 0.445 e. The van der Waals surface area contributed by atoms with E-state index in [2.05, 4.69) is 9.97 Å². The molecule has 1 unspecified atom stereocenters. The van der Waals surface area contributed by atoms with E-state index in [1.165, 1.54) is 27.6 Å². The number of likely N-dealkylation sites (tertiary alicyclic amines) is 2. The van der Waals surface area contributed by atoms with E-state index in [0.717, 1.165) is 11.1 Å². The topological polar surface area (TPSA) is 156 Å². The number of aromatic nitrogens is 2. The zero-order chi connectivity index (χ0) is 35.3. The van der Waals surface area contributed by atoms with Crippen molar-refractivity contribution in [3.05, 3.63) is 105 Å². The second-order valence-electron chi connectivity index (χ2n) is 11.9. The summed E-state index contributed by atoms with van der Waals surface area (Å²) in [6.45, 7) is 1.68. The zero-order valence-electron chi connectivity index (χ0n) is 27.3. The van der Waals surface area contributed by atoms with Gasteiger partial charge in [-0.15, -0.1) is 22.7 Å². The molecule has 0 radical (unpaired) electrons. The number of ketones is 3. The summed E-state index contributed by atoms with van der Waals surface area (Å²) in [6.07, 6.45) is 2.63. The van der Waals surface area contributed by atoms with Gasteiger partial charge in [0.15, 0.2) is 21.6 Å². The molecule has 1 N–H and O–H groups in total. The molecule has 2 aromatic heterocycles. The molecule has 50 heavy (non-hydrogen) atoms. The number of carbonyl (C=O) groups is 5. The van der Waals surface area contributed by atoms with Crippen LogP contribution in [0.1, 0.15) is 56.4 Å². The van der Waals surface area contributed by atoms with Crippen molar-refractivity contribution >= 4 is 52.2 Å². The van der Waals surface area contributed by atoms with Gasteiger partial charge in [-0.25, -0.2) is 19.6 Å². The molecule has 2 saturated heterocycles. The monoisotopic (exact) mass is 718 g/mol. The molecule has 0 aliphatic carbocycles. The predicted octanol–water partition coefficient (Wildman–Crippen LogP) is 5.68. The van der Waals surface area contributed by atoms with E-state index in [1.54, 1.807) is 28.1 Å². The molecular weight excluding hydrogens is 681 g/mol. The number of amides is 2. The summed E-state index contributed by atoms with van der Waals surface area (Å²) in [5.41, 5.74) is 1.82. The van der Waals surface area contributed by atoms with Crippen LogP contribution in [0.5, 0.6) is 0 Å². The van der Waals surface area contributed by atoms with Crippen molar-refractivity contribution in [2.24, 2.45) is 11.8 Å². The van der Waals surface area contributed by atoms with Gasteiger partial charge in [-0.1, -0.05) is 60.7 Å². The van der Waals surface area contributed by atoms with Crippen LogP contribution in [-0.4, -0.2) is 86.7 Å². The van der Waals surface area contributed by atoms with Crippen LogP contribution in [0.2, 0.25) is 0 Å². The quantitative estimate of drug-likeness (QED) is 0.203. The number of rotatable bonds is 10. The van der Waals surface area contributed by atoms with Crippen LogP contribution in [0.25, 0.3) is 0 Å². The Kier molecular flexibility index (Phi) is 13.3. The fourth-order valence-corrected chi connectivity index (χ4v) is 6.79. The van der Waals surface area contributed by atoms with E-state index in [9.17, 15) is 29.1 Å². The first-order valence-electron chi connectivity index (χ1n) is 16.2. The van der Waals surface area contributed by atoms with Gasteiger partial charge < -0.3 is 24.4 Å². The third kappa shape index (κ3) is 10.6. The molecule has 2 aromatic carbocycles. The number of piperidine rings is 2. The van der Waals surface area contributed by atoms with Crippen molar-refractivity contribution in [2.45, 2.75) is 45.0 Å². The first-order chi connectivity index (χ1) is 24.3. The summed E-state index contributed by atoms with van der Waals surface area (Å²) in [7, 11) is 0. The Balaban J connectivity index is 0.000000194. The molecule has 2 amide bonds. The molecule has 3 atom stereocenters. The van der Waals surface area contributed by atoms with Crippen LogP contribution in [0.15, 0.2) is 83.8 Å². The summed E-state index contributed by atoms with van der Waals surface area (Å²) >= 11 is 2.54.